The van der Waals surface area contributed by atoms with Gasteiger partial charge in [0, 0.05) is 66.5 Å². The molecule has 1 amide bonds. The van der Waals surface area contributed by atoms with Crippen LogP contribution in [0.2, 0.25) is 5.02 Å². The average molecular weight is 1090 g/mol. The Bertz CT molecular complexity index is 3230. The van der Waals surface area contributed by atoms with Gasteiger partial charge in [-0.25, -0.2) is 0 Å². The number of halogens is 1. The van der Waals surface area contributed by atoms with E-state index in [9.17, 15) is 30.1 Å². The number of phenolic OH excluding ortho intramolecular Hbond substituents is 2. The molecule has 9 rings (SSSR count). The molecule has 406 valence electrons. The SMILES string of the molecule is Nc1cccc(CCOc2ccccc2)c1.O=C(Nc1cccc(CCOc2ccccc2)c1)c1cc(Cl)ccc1O.O=[N+]([O-])c1cccc(CCO)c1.O=[N+]([O-])c1cccc(CCOc2ccccc2)c1.Oc1ccccc1. The smallest absolute Gasteiger partial charge is 0.269 e. The molecule has 0 aliphatic carbocycles. The molecule has 0 unspecified atom stereocenters. The number of hydrogen-bond acceptors (Lipinski definition) is 12. The molecule has 0 fully saturated rings. The minimum atomic E-state index is -0.444. The molecule has 0 atom stereocenters. The molecule has 9 aromatic carbocycles. The minimum absolute atomic E-state index is 0.0150. The summed E-state index contributed by atoms with van der Waals surface area (Å²) < 4.78 is 16.8. The number of nitrogens with zero attached hydrogens (tertiary/aromatic N) is 2. The van der Waals surface area contributed by atoms with Crippen LogP contribution in [0.15, 0.2) is 237 Å². The number of amides is 1. The van der Waals surface area contributed by atoms with E-state index in [1.54, 1.807) is 54.6 Å². The van der Waals surface area contributed by atoms with Crippen LogP contribution in [0, 0.1) is 20.2 Å². The van der Waals surface area contributed by atoms with Crippen molar-refractivity contribution >= 4 is 40.3 Å². The maximum atomic E-state index is 12.3. The molecule has 0 bridgehead atoms. The number of benzene rings is 9. The number of non-ortho nitro benzene ring substituents is 2. The van der Waals surface area contributed by atoms with Crippen molar-refractivity contribution in [3.8, 4) is 28.7 Å². The third kappa shape index (κ3) is 23.8. The molecule has 16 heteroatoms. The van der Waals surface area contributed by atoms with E-state index in [4.69, 9.17) is 41.8 Å². The van der Waals surface area contributed by atoms with E-state index in [0.717, 1.165) is 46.0 Å². The maximum absolute atomic E-state index is 12.3. The molecule has 0 aromatic heterocycles. The number of anilines is 2. The van der Waals surface area contributed by atoms with Crippen molar-refractivity contribution in [2.45, 2.75) is 25.7 Å². The monoisotopic (exact) mass is 1080 g/mol. The lowest BCUT2D eigenvalue weighted by atomic mass is 10.1. The van der Waals surface area contributed by atoms with Crippen molar-refractivity contribution in [3.05, 3.63) is 290 Å². The third-order valence-electron chi connectivity index (χ3n) is 10.9. The molecule has 0 heterocycles. The van der Waals surface area contributed by atoms with Crippen LogP contribution in [-0.2, 0) is 25.7 Å². The second-order valence-electron chi connectivity index (χ2n) is 17.0. The topological polar surface area (TPSA) is 230 Å². The van der Waals surface area contributed by atoms with Crippen LogP contribution >= 0.6 is 11.6 Å². The molecule has 0 aliphatic heterocycles. The summed E-state index contributed by atoms with van der Waals surface area (Å²) in [6.07, 6.45) is 2.69. The van der Waals surface area contributed by atoms with E-state index in [2.05, 4.69) is 11.4 Å². The van der Waals surface area contributed by atoms with E-state index in [0.29, 0.717) is 55.5 Å². The highest BCUT2D eigenvalue weighted by Gasteiger charge is 2.13. The Kier molecular flexibility index (Phi) is 25.9. The summed E-state index contributed by atoms with van der Waals surface area (Å²) >= 11 is 5.89. The van der Waals surface area contributed by atoms with E-state index in [-0.39, 0.29) is 34.2 Å². The Morgan fingerprint density at radius 1 is 0.481 bits per heavy atom. The van der Waals surface area contributed by atoms with Crippen molar-refractivity contribution in [2.24, 2.45) is 0 Å². The summed E-state index contributed by atoms with van der Waals surface area (Å²) in [6, 6.07) is 70.3. The van der Waals surface area contributed by atoms with Gasteiger partial charge in [0.2, 0.25) is 0 Å². The maximum Gasteiger partial charge on any atom is 0.269 e. The second-order valence-corrected chi connectivity index (χ2v) is 17.4. The summed E-state index contributed by atoms with van der Waals surface area (Å²) in [5.74, 6) is 2.34. The van der Waals surface area contributed by atoms with Gasteiger partial charge >= 0.3 is 0 Å². The van der Waals surface area contributed by atoms with Crippen LogP contribution in [0.4, 0.5) is 22.7 Å². The number of para-hydroxylation sites is 4. The van der Waals surface area contributed by atoms with Crippen LogP contribution < -0.4 is 25.3 Å². The summed E-state index contributed by atoms with van der Waals surface area (Å²) in [5, 5.41) is 51.1. The molecular weight excluding hydrogens is 1020 g/mol. The van der Waals surface area contributed by atoms with Gasteiger partial charge in [0.25, 0.3) is 17.3 Å². The Balaban J connectivity index is 0.000000192. The Hall–Kier alpha value is -9.70. The Morgan fingerprint density at radius 3 is 1.30 bits per heavy atom. The number of nitro groups is 2. The first-order chi connectivity index (χ1) is 38.3. The molecule has 79 heavy (non-hydrogen) atoms. The molecule has 0 saturated heterocycles. The first kappa shape index (κ1) is 60.2. The van der Waals surface area contributed by atoms with Gasteiger partial charge in [-0.2, -0.15) is 0 Å². The van der Waals surface area contributed by atoms with E-state index >= 15 is 0 Å². The van der Waals surface area contributed by atoms with Crippen LogP contribution in [0.3, 0.4) is 0 Å². The summed E-state index contributed by atoms with van der Waals surface area (Å²) in [4.78, 5) is 32.4. The van der Waals surface area contributed by atoms with Crippen molar-refractivity contribution in [1.29, 1.82) is 0 Å². The fraction of sp³-hybridized carbons (Fsp3) is 0.127. The average Bonchev–Trinajstić information content (AvgIpc) is 3.46. The van der Waals surface area contributed by atoms with Gasteiger partial charge in [0.15, 0.2) is 0 Å². The quantitative estimate of drug-likeness (QED) is 0.0307. The van der Waals surface area contributed by atoms with Crippen LogP contribution in [-0.4, -0.2) is 57.5 Å². The molecule has 0 radical (unpaired) electrons. The number of nitrogens with two attached hydrogens (primary N) is 1. The van der Waals surface area contributed by atoms with Crippen molar-refractivity contribution in [2.75, 3.05) is 37.5 Å². The fourth-order valence-electron chi connectivity index (χ4n) is 7.06. The third-order valence-corrected chi connectivity index (χ3v) is 11.2. The Labute approximate surface area is 464 Å². The number of hydrogen-bond donors (Lipinski definition) is 5. The lowest BCUT2D eigenvalue weighted by Crippen LogP contribution is -2.12. The van der Waals surface area contributed by atoms with Crippen LogP contribution in [0.5, 0.6) is 28.7 Å². The molecule has 6 N–H and O–H groups in total. The zero-order chi connectivity index (χ0) is 56.5. The number of aliphatic hydroxyl groups excluding tert-OH is 1. The van der Waals surface area contributed by atoms with Crippen molar-refractivity contribution in [3.63, 3.8) is 0 Å². The number of carbonyl (C=O) groups excluding carboxylic acids is 1. The summed E-state index contributed by atoms with van der Waals surface area (Å²) in [6.45, 7) is 1.73. The zero-order valence-corrected chi connectivity index (χ0v) is 43.9. The summed E-state index contributed by atoms with van der Waals surface area (Å²) in [7, 11) is 0. The lowest BCUT2D eigenvalue weighted by molar-refractivity contribution is -0.385. The molecule has 0 spiro atoms. The van der Waals surface area contributed by atoms with Gasteiger partial charge in [0.05, 0.1) is 35.2 Å². The van der Waals surface area contributed by atoms with Gasteiger partial charge < -0.3 is 40.6 Å². The van der Waals surface area contributed by atoms with E-state index in [1.165, 1.54) is 42.0 Å². The number of phenols is 2. The minimum Gasteiger partial charge on any atom is -0.508 e. The lowest BCUT2D eigenvalue weighted by Gasteiger charge is -2.10. The molecule has 9 aromatic rings. The number of carbonyl (C=O) groups is 1. The van der Waals surface area contributed by atoms with E-state index < -0.39 is 10.8 Å². The van der Waals surface area contributed by atoms with Gasteiger partial charge in [0.1, 0.15) is 28.7 Å². The molecular formula is C63H61ClN4O11. The van der Waals surface area contributed by atoms with Gasteiger partial charge in [-0.1, -0.05) is 133 Å². The predicted octanol–water partition coefficient (Wildman–Crippen LogP) is 13.5. The van der Waals surface area contributed by atoms with Crippen molar-refractivity contribution in [1.82, 2.24) is 0 Å². The molecule has 0 aliphatic rings. The Morgan fingerprint density at radius 2 is 0.886 bits per heavy atom. The normalized spacial score (nSPS) is 9.95. The van der Waals surface area contributed by atoms with Crippen LogP contribution in [0.1, 0.15) is 32.6 Å². The highest BCUT2D eigenvalue weighted by atomic mass is 35.5. The first-order valence-electron chi connectivity index (χ1n) is 24.9. The highest BCUT2D eigenvalue weighted by Crippen LogP contribution is 2.24. The number of aromatic hydroxyl groups is 2. The number of aliphatic hydroxyl groups is 1. The van der Waals surface area contributed by atoms with Gasteiger partial charge in [-0.05, 0) is 120 Å². The number of ether oxygens (including phenoxy) is 3. The van der Waals surface area contributed by atoms with E-state index in [1.807, 2.05) is 140 Å². The number of nitrogens with one attached hydrogen (secondary N) is 1. The van der Waals surface area contributed by atoms with Gasteiger partial charge in [-0.3, -0.25) is 25.0 Å². The molecule has 0 saturated carbocycles. The zero-order valence-electron chi connectivity index (χ0n) is 43.1. The predicted molar refractivity (Wildman–Crippen MR) is 310 cm³/mol. The van der Waals surface area contributed by atoms with Crippen LogP contribution in [0.25, 0.3) is 0 Å². The first-order valence-corrected chi connectivity index (χ1v) is 25.3. The fourth-order valence-corrected chi connectivity index (χ4v) is 7.23. The second kappa shape index (κ2) is 34.1. The number of nitro benzene ring substituents is 2. The van der Waals surface area contributed by atoms with Gasteiger partial charge in [-0.15, -0.1) is 0 Å². The summed E-state index contributed by atoms with van der Waals surface area (Å²) in [5.41, 5.74) is 11.4. The van der Waals surface area contributed by atoms with Crippen molar-refractivity contribution < 1.29 is 44.2 Å². The number of rotatable bonds is 18. The number of nitrogen functional groups attached to an aromatic ring is 1. The highest BCUT2D eigenvalue weighted by molar-refractivity contribution is 6.31. The standard InChI is InChI=1S/C21H18ClNO3.C14H13NO3.C14H15NO.C8H9NO3.C6H6O/c22-16-9-10-20(24)19(14-16)21(25)23-17-6-4-5-15(13-17)11-12-26-18-7-2-1-3-8-18;16-15(17)13-6-4-5-12(11-13)9-10-18-14-7-2-1-3-8-14;15-13-6-4-5-12(11-13)9-10-16-14-7-2-1-3-8-14;10-5-4-7-2-1-3-8(6-7)9(11)12;7-6-4-2-1-3-5-6/h1-10,13-14,24H,11-12H2,(H,23,25);1-8,11H,9-10H2;1-8,11H,9-10,15H2;1-3,6,10H,4-5H2;1-5,7H. The molecule has 15 nitrogen and oxygen atoms in total. The largest absolute Gasteiger partial charge is 0.508 e.